The molecule has 0 amide bonds. The van der Waals surface area contributed by atoms with Crippen LogP contribution in [0, 0.1) is 0 Å². The summed E-state index contributed by atoms with van der Waals surface area (Å²) in [6.07, 6.45) is 0.653. The summed E-state index contributed by atoms with van der Waals surface area (Å²) in [7, 11) is -4.13. The van der Waals surface area contributed by atoms with Crippen molar-refractivity contribution < 1.29 is 18.1 Å². The molecular weight excluding hydrogens is 264 g/mol. The van der Waals surface area contributed by atoms with Crippen molar-refractivity contribution in [2.75, 3.05) is 0 Å². The van der Waals surface area contributed by atoms with Gasteiger partial charge >= 0.3 is 0 Å². The van der Waals surface area contributed by atoms with E-state index >= 15 is 0 Å². The minimum atomic E-state index is -4.13. The third kappa shape index (κ3) is 4.08. The normalized spacial score (nSPS) is 11.4. The molecule has 0 saturated carbocycles. The van der Waals surface area contributed by atoms with Gasteiger partial charge in [-0.2, -0.15) is 8.42 Å². The number of rotatable bonds is 4. The number of benzene rings is 2. The summed E-state index contributed by atoms with van der Waals surface area (Å²) in [5.41, 5.74) is 2.17. The van der Waals surface area contributed by atoms with E-state index in [0.29, 0.717) is 6.42 Å². The van der Waals surface area contributed by atoms with Crippen LogP contribution in [0.1, 0.15) is 16.7 Å². The molecule has 2 aromatic rings. The Labute approximate surface area is 112 Å². The van der Waals surface area contributed by atoms with Crippen molar-refractivity contribution >= 4 is 10.1 Å². The van der Waals surface area contributed by atoms with Crippen LogP contribution in [-0.2, 0) is 22.3 Å². The predicted octanol–water partition coefficient (Wildman–Crippen LogP) is 2.37. The van der Waals surface area contributed by atoms with Gasteiger partial charge in [-0.3, -0.25) is 4.55 Å². The summed E-state index contributed by atoms with van der Waals surface area (Å²) >= 11 is 0. The molecule has 0 heterocycles. The van der Waals surface area contributed by atoms with Crippen LogP contribution < -0.4 is 0 Å². The topological polar surface area (TPSA) is 74.6 Å². The summed E-state index contributed by atoms with van der Waals surface area (Å²) in [6.45, 7) is 0. The summed E-state index contributed by atoms with van der Waals surface area (Å²) < 4.78 is 30.3. The number of hydrogen-bond donors (Lipinski definition) is 2. The molecule has 0 fully saturated rings. The highest BCUT2D eigenvalue weighted by atomic mass is 32.2. The molecule has 19 heavy (non-hydrogen) atoms. The van der Waals surface area contributed by atoms with E-state index in [2.05, 4.69) is 0 Å². The van der Waals surface area contributed by atoms with E-state index in [-0.39, 0.29) is 11.3 Å². The third-order valence-corrected chi connectivity index (χ3v) is 3.41. The maximum atomic E-state index is 10.8. The first-order valence-corrected chi connectivity index (χ1v) is 7.35. The van der Waals surface area contributed by atoms with Crippen molar-refractivity contribution in [3.8, 4) is 5.75 Å². The minimum Gasteiger partial charge on any atom is -0.508 e. The minimum absolute atomic E-state index is 0.119. The van der Waals surface area contributed by atoms with Crippen molar-refractivity contribution in [3.63, 3.8) is 0 Å². The van der Waals surface area contributed by atoms with Gasteiger partial charge in [0.2, 0.25) is 0 Å². The SMILES string of the molecule is O=S(=O)(O)Cc1ccc(Cc2ccccc2)cc1O. The molecule has 0 radical (unpaired) electrons. The number of phenolic OH excluding ortho intramolecular Hbond substituents is 1. The van der Waals surface area contributed by atoms with Gasteiger partial charge in [-0.1, -0.05) is 42.5 Å². The molecule has 2 rings (SSSR count). The van der Waals surface area contributed by atoms with Crippen LogP contribution in [-0.4, -0.2) is 18.1 Å². The van der Waals surface area contributed by atoms with Gasteiger partial charge in [0.25, 0.3) is 10.1 Å². The van der Waals surface area contributed by atoms with Gasteiger partial charge in [0.15, 0.2) is 0 Å². The van der Waals surface area contributed by atoms with Crippen LogP contribution in [0.15, 0.2) is 48.5 Å². The molecule has 100 valence electrons. The van der Waals surface area contributed by atoms with Crippen LogP contribution in [0.3, 0.4) is 0 Å². The Hall–Kier alpha value is -1.85. The van der Waals surface area contributed by atoms with Crippen LogP contribution in [0.5, 0.6) is 5.75 Å². The third-order valence-electron chi connectivity index (χ3n) is 2.74. The van der Waals surface area contributed by atoms with E-state index in [9.17, 15) is 13.5 Å². The Morgan fingerprint density at radius 1 is 0.947 bits per heavy atom. The van der Waals surface area contributed by atoms with E-state index in [1.807, 2.05) is 30.3 Å². The van der Waals surface area contributed by atoms with Crippen LogP contribution in [0.2, 0.25) is 0 Å². The second-order valence-corrected chi connectivity index (χ2v) is 5.80. The Morgan fingerprint density at radius 2 is 1.63 bits per heavy atom. The summed E-state index contributed by atoms with van der Waals surface area (Å²) in [4.78, 5) is 0. The molecule has 4 nitrogen and oxygen atoms in total. The molecule has 0 aromatic heterocycles. The predicted molar refractivity (Wildman–Crippen MR) is 72.6 cm³/mol. The highest BCUT2D eigenvalue weighted by molar-refractivity contribution is 7.85. The van der Waals surface area contributed by atoms with E-state index < -0.39 is 15.9 Å². The summed E-state index contributed by atoms with van der Waals surface area (Å²) in [5, 5.41) is 9.76. The molecule has 0 atom stereocenters. The maximum Gasteiger partial charge on any atom is 0.269 e. The average Bonchev–Trinajstić information content (AvgIpc) is 2.33. The molecule has 2 aromatic carbocycles. The molecule has 0 spiro atoms. The van der Waals surface area contributed by atoms with Gasteiger partial charge in [-0.05, 0) is 23.6 Å². The molecule has 2 N–H and O–H groups in total. The van der Waals surface area contributed by atoms with Gasteiger partial charge < -0.3 is 5.11 Å². The van der Waals surface area contributed by atoms with E-state index in [1.54, 1.807) is 6.07 Å². The van der Waals surface area contributed by atoms with Crippen molar-refractivity contribution in [3.05, 3.63) is 65.2 Å². The van der Waals surface area contributed by atoms with E-state index in [1.165, 1.54) is 12.1 Å². The van der Waals surface area contributed by atoms with E-state index in [4.69, 9.17) is 4.55 Å². The van der Waals surface area contributed by atoms with Crippen molar-refractivity contribution in [1.82, 2.24) is 0 Å². The lowest BCUT2D eigenvalue weighted by Crippen LogP contribution is -2.02. The zero-order valence-corrected chi connectivity index (χ0v) is 11.0. The maximum absolute atomic E-state index is 10.8. The first-order valence-electron chi connectivity index (χ1n) is 5.74. The van der Waals surface area contributed by atoms with Gasteiger partial charge in [-0.15, -0.1) is 0 Å². The summed E-state index contributed by atoms with van der Waals surface area (Å²) in [5.74, 6) is -0.698. The van der Waals surface area contributed by atoms with Gasteiger partial charge in [0.1, 0.15) is 11.5 Å². The molecule has 0 aliphatic carbocycles. The fraction of sp³-hybridized carbons (Fsp3) is 0.143. The lowest BCUT2D eigenvalue weighted by atomic mass is 10.0. The van der Waals surface area contributed by atoms with E-state index in [0.717, 1.165) is 11.1 Å². The molecule has 0 saturated heterocycles. The quantitative estimate of drug-likeness (QED) is 0.842. The molecule has 0 aliphatic heterocycles. The van der Waals surface area contributed by atoms with Crippen molar-refractivity contribution in [2.24, 2.45) is 0 Å². The Morgan fingerprint density at radius 3 is 2.21 bits per heavy atom. The van der Waals surface area contributed by atoms with Crippen LogP contribution >= 0.6 is 0 Å². The second-order valence-electron chi connectivity index (χ2n) is 4.35. The fourth-order valence-corrected chi connectivity index (χ4v) is 2.51. The lowest BCUT2D eigenvalue weighted by Gasteiger charge is -2.06. The number of aromatic hydroxyl groups is 1. The fourth-order valence-electron chi connectivity index (χ4n) is 1.87. The molecule has 0 aliphatic rings. The Bertz CT molecular complexity index is 663. The van der Waals surface area contributed by atoms with Crippen molar-refractivity contribution in [1.29, 1.82) is 0 Å². The van der Waals surface area contributed by atoms with Crippen molar-refractivity contribution in [2.45, 2.75) is 12.2 Å². The van der Waals surface area contributed by atoms with Gasteiger partial charge in [0, 0.05) is 5.56 Å². The second kappa shape index (κ2) is 5.42. The highest BCUT2D eigenvalue weighted by Crippen LogP contribution is 2.22. The average molecular weight is 278 g/mol. The zero-order valence-electron chi connectivity index (χ0n) is 10.2. The van der Waals surface area contributed by atoms with Crippen LogP contribution in [0.25, 0.3) is 0 Å². The number of hydrogen-bond acceptors (Lipinski definition) is 3. The van der Waals surface area contributed by atoms with Gasteiger partial charge in [0.05, 0.1) is 0 Å². The largest absolute Gasteiger partial charge is 0.508 e. The molecular formula is C14H14O4S. The molecule has 0 unspecified atom stereocenters. The zero-order chi connectivity index (χ0) is 13.9. The van der Waals surface area contributed by atoms with Crippen LogP contribution in [0.4, 0.5) is 0 Å². The smallest absolute Gasteiger partial charge is 0.269 e. The monoisotopic (exact) mass is 278 g/mol. The first kappa shape index (κ1) is 13.6. The number of phenols is 1. The standard InChI is InChI=1S/C14H14O4S/c15-14-9-12(8-11-4-2-1-3-5-11)6-7-13(14)10-19(16,17)18/h1-7,9,15H,8,10H2,(H,16,17,18). The Kier molecular flexibility index (Phi) is 3.87. The molecule has 5 heteroatoms. The lowest BCUT2D eigenvalue weighted by molar-refractivity contribution is 0.461. The van der Waals surface area contributed by atoms with Gasteiger partial charge in [-0.25, -0.2) is 0 Å². The Balaban J connectivity index is 2.20. The highest BCUT2D eigenvalue weighted by Gasteiger charge is 2.11. The summed E-state index contributed by atoms with van der Waals surface area (Å²) in [6, 6.07) is 14.5. The first-order chi connectivity index (χ1) is 8.94. The molecule has 0 bridgehead atoms.